The molecule has 0 aliphatic carbocycles. The van der Waals surface area contributed by atoms with Gasteiger partial charge in [0.1, 0.15) is 5.56 Å². The van der Waals surface area contributed by atoms with Gasteiger partial charge in [-0.05, 0) is 54.8 Å². The van der Waals surface area contributed by atoms with Gasteiger partial charge in [-0.25, -0.2) is 8.42 Å². The van der Waals surface area contributed by atoms with Crippen LogP contribution in [0.4, 0.5) is 5.69 Å². The molecule has 0 fully saturated rings. The molecular formula is C21H21N3O4S. The van der Waals surface area contributed by atoms with Crippen LogP contribution in [-0.4, -0.2) is 30.1 Å². The first-order valence-corrected chi connectivity index (χ1v) is 10.8. The number of pyridine rings is 2. The number of aryl methyl sites for hydroxylation is 2. The molecular weight excluding hydrogens is 390 g/mol. The van der Waals surface area contributed by atoms with Gasteiger partial charge in [0.25, 0.3) is 11.5 Å². The highest BCUT2D eigenvalue weighted by molar-refractivity contribution is 7.90. The average molecular weight is 411 g/mol. The second-order valence-electron chi connectivity index (χ2n) is 6.87. The van der Waals surface area contributed by atoms with E-state index in [0.717, 1.165) is 11.8 Å². The number of aromatic nitrogens is 2. The topological polar surface area (TPSA) is 98.1 Å². The van der Waals surface area contributed by atoms with Crippen LogP contribution in [0, 0.1) is 13.8 Å². The summed E-state index contributed by atoms with van der Waals surface area (Å²) < 4.78 is 25.1. The predicted molar refractivity (Wildman–Crippen MR) is 111 cm³/mol. The molecule has 2 aromatic heterocycles. The summed E-state index contributed by atoms with van der Waals surface area (Å²) in [4.78, 5) is 29.9. The molecule has 150 valence electrons. The largest absolute Gasteiger partial charge is 0.322 e. The van der Waals surface area contributed by atoms with Crippen molar-refractivity contribution in [3.05, 3.63) is 87.6 Å². The maximum atomic E-state index is 12.9. The third-order valence-corrected chi connectivity index (χ3v) is 5.67. The SMILES string of the molecule is Cc1ccc(S(C)(=O)=O)cc1NC(=O)c1c(C)ccn(Cc2cccnc2)c1=O. The van der Waals surface area contributed by atoms with Gasteiger partial charge in [0.2, 0.25) is 0 Å². The van der Waals surface area contributed by atoms with E-state index in [1.807, 2.05) is 6.07 Å². The highest BCUT2D eigenvalue weighted by atomic mass is 32.2. The summed E-state index contributed by atoms with van der Waals surface area (Å²) in [5, 5.41) is 2.68. The lowest BCUT2D eigenvalue weighted by Crippen LogP contribution is -2.30. The lowest BCUT2D eigenvalue weighted by molar-refractivity contribution is 0.102. The van der Waals surface area contributed by atoms with Gasteiger partial charge in [-0.15, -0.1) is 0 Å². The Bertz CT molecular complexity index is 1230. The number of amides is 1. The third kappa shape index (κ3) is 4.60. The van der Waals surface area contributed by atoms with Crippen LogP contribution in [0.25, 0.3) is 0 Å². The first-order valence-electron chi connectivity index (χ1n) is 8.88. The molecule has 8 heteroatoms. The van der Waals surface area contributed by atoms with E-state index in [1.54, 1.807) is 50.6 Å². The average Bonchev–Trinajstić information content (AvgIpc) is 2.66. The molecule has 1 aromatic carbocycles. The van der Waals surface area contributed by atoms with Crippen molar-refractivity contribution < 1.29 is 13.2 Å². The molecule has 0 saturated heterocycles. The zero-order valence-electron chi connectivity index (χ0n) is 16.3. The fourth-order valence-corrected chi connectivity index (χ4v) is 3.55. The zero-order chi connectivity index (χ0) is 21.2. The minimum Gasteiger partial charge on any atom is -0.322 e. The molecule has 0 atom stereocenters. The number of carbonyl (C=O) groups excluding carboxylic acids is 1. The molecule has 7 nitrogen and oxygen atoms in total. The van der Waals surface area contributed by atoms with Crippen LogP contribution in [0.5, 0.6) is 0 Å². The van der Waals surface area contributed by atoms with Crippen molar-refractivity contribution in [3.8, 4) is 0 Å². The molecule has 3 rings (SSSR count). The van der Waals surface area contributed by atoms with Gasteiger partial charge in [-0.1, -0.05) is 12.1 Å². The van der Waals surface area contributed by atoms with Gasteiger partial charge in [0.15, 0.2) is 9.84 Å². The van der Waals surface area contributed by atoms with Crippen LogP contribution in [0.2, 0.25) is 0 Å². The van der Waals surface area contributed by atoms with Crippen molar-refractivity contribution in [3.63, 3.8) is 0 Å². The van der Waals surface area contributed by atoms with Crippen LogP contribution in [0.1, 0.15) is 27.0 Å². The molecule has 1 N–H and O–H groups in total. The van der Waals surface area contributed by atoms with Crippen LogP contribution in [-0.2, 0) is 16.4 Å². The van der Waals surface area contributed by atoms with Gasteiger partial charge in [0, 0.05) is 30.5 Å². The Balaban J connectivity index is 1.96. The number of hydrogen-bond donors (Lipinski definition) is 1. The predicted octanol–water partition coefficient (Wildman–Crippen LogP) is 2.56. The fraction of sp³-hybridized carbons (Fsp3) is 0.190. The summed E-state index contributed by atoms with van der Waals surface area (Å²) >= 11 is 0. The van der Waals surface area contributed by atoms with Crippen LogP contribution >= 0.6 is 0 Å². The van der Waals surface area contributed by atoms with E-state index in [0.29, 0.717) is 16.8 Å². The van der Waals surface area contributed by atoms with E-state index in [1.165, 1.54) is 16.7 Å². The van der Waals surface area contributed by atoms with Crippen molar-refractivity contribution in [2.24, 2.45) is 0 Å². The van der Waals surface area contributed by atoms with E-state index in [2.05, 4.69) is 10.3 Å². The van der Waals surface area contributed by atoms with Crippen molar-refractivity contribution in [2.45, 2.75) is 25.3 Å². The van der Waals surface area contributed by atoms with Crippen LogP contribution in [0.3, 0.4) is 0 Å². The minimum absolute atomic E-state index is 0.0144. The lowest BCUT2D eigenvalue weighted by Gasteiger charge is -2.13. The lowest BCUT2D eigenvalue weighted by atomic mass is 10.1. The molecule has 0 spiro atoms. The van der Waals surface area contributed by atoms with Gasteiger partial charge < -0.3 is 9.88 Å². The standard InChI is InChI=1S/C21H21N3O4S/c1-14-6-7-17(29(3,27)28)11-18(14)23-20(25)19-15(2)8-10-24(21(19)26)13-16-5-4-9-22-12-16/h4-12H,13H2,1-3H3,(H,23,25). The van der Waals surface area contributed by atoms with E-state index >= 15 is 0 Å². The first kappa shape index (κ1) is 20.5. The number of hydrogen-bond acceptors (Lipinski definition) is 5. The number of rotatable bonds is 5. The summed E-state index contributed by atoms with van der Waals surface area (Å²) in [6, 6.07) is 9.82. The number of anilines is 1. The number of sulfone groups is 1. The van der Waals surface area contributed by atoms with E-state index < -0.39 is 21.3 Å². The zero-order valence-corrected chi connectivity index (χ0v) is 17.2. The van der Waals surface area contributed by atoms with Gasteiger partial charge in [-0.3, -0.25) is 14.6 Å². The summed E-state index contributed by atoms with van der Waals surface area (Å²) in [7, 11) is -3.42. The Morgan fingerprint density at radius 3 is 2.55 bits per heavy atom. The number of nitrogens with zero attached hydrogens (tertiary/aromatic N) is 2. The van der Waals surface area contributed by atoms with E-state index in [9.17, 15) is 18.0 Å². The number of carbonyl (C=O) groups is 1. The molecule has 0 aliphatic rings. The molecule has 0 aliphatic heterocycles. The Hall–Kier alpha value is -3.26. The van der Waals surface area contributed by atoms with E-state index in [-0.39, 0.29) is 17.0 Å². The second kappa shape index (κ2) is 8.00. The highest BCUT2D eigenvalue weighted by Crippen LogP contribution is 2.21. The molecule has 0 saturated carbocycles. The Kier molecular flexibility index (Phi) is 5.65. The summed E-state index contributed by atoms with van der Waals surface area (Å²) in [5.41, 5.74) is 1.99. The highest BCUT2D eigenvalue weighted by Gasteiger charge is 2.18. The minimum atomic E-state index is -3.42. The molecule has 0 unspecified atom stereocenters. The van der Waals surface area contributed by atoms with Gasteiger partial charge >= 0.3 is 0 Å². The van der Waals surface area contributed by atoms with Crippen molar-refractivity contribution in [1.82, 2.24) is 9.55 Å². The summed E-state index contributed by atoms with van der Waals surface area (Å²) in [6.45, 7) is 3.72. The van der Waals surface area contributed by atoms with Crippen LogP contribution in [0.15, 0.2) is 64.7 Å². The molecule has 1 amide bonds. The Morgan fingerprint density at radius 2 is 1.90 bits per heavy atom. The Labute approximate surface area is 169 Å². The summed E-state index contributed by atoms with van der Waals surface area (Å²) in [5.74, 6) is -0.582. The van der Waals surface area contributed by atoms with Crippen LogP contribution < -0.4 is 10.9 Å². The monoisotopic (exact) mass is 411 g/mol. The maximum absolute atomic E-state index is 12.9. The van der Waals surface area contributed by atoms with Crippen molar-refractivity contribution >= 4 is 21.4 Å². The molecule has 0 bridgehead atoms. The van der Waals surface area contributed by atoms with Crippen molar-refractivity contribution in [2.75, 3.05) is 11.6 Å². The van der Waals surface area contributed by atoms with Crippen molar-refractivity contribution in [1.29, 1.82) is 0 Å². The Morgan fingerprint density at radius 1 is 1.14 bits per heavy atom. The maximum Gasteiger partial charge on any atom is 0.263 e. The molecule has 29 heavy (non-hydrogen) atoms. The second-order valence-corrected chi connectivity index (χ2v) is 8.89. The molecule has 2 heterocycles. The third-order valence-electron chi connectivity index (χ3n) is 4.56. The first-order chi connectivity index (χ1) is 13.7. The molecule has 0 radical (unpaired) electrons. The van der Waals surface area contributed by atoms with Gasteiger partial charge in [-0.2, -0.15) is 0 Å². The number of nitrogens with one attached hydrogen (secondary N) is 1. The quantitative estimate of drug-likeness (QED) is 0.696. The fourth-order valence-electron chi connectivity index (χ4n) is 2.91. The number of benzene rings is 1. The molecule has 3 aromatic rings. The van der Waals surface area contributed by atoms with E-state index in [4.69, 9.17) is 0 Å². The van der Waals surface area contributed by atoms with Gasteiger partial charge in [0.05, 0.1) is 11.4 Å². The summed E-state index contributed by atoms with van der Waals surface area (Å²) in [6.07, 6.45) is 6.04. The smallest absolute Gasteiger partial charge is 0.263 e. The normalized spacial score (nSPS) is 11.3.